The van der Waals surface area contributed by atoms with Crippen molar-refractivity contribution in [3.8, 4) is 0 Å². The van der Waals surface area contributed by atoms with Crippen LogP contribution >= 0.6 is 15.9 Å². The predicted molar refractivity (Wildman–Crippen MR) is 44.5 cm³/mol. The summed E-state index contributed by atoms with van der Waals surface area (Å²) in [5.41, 5.74) is 0. The van der Waals surface area contributed by atoms with E-state index in [1.165, 1.54) is 0 Å². The summed E-state index contributed by atoms with van der Waals surface area (Å²) in [4.78, 5) is 10.3. The molecule has 0 aromatic rings. The molecular formula is C6H6BrN3. The van der Waals surface area contributed by atoms with Gasteiger partial charge in [-0.15, -0.1) is 0 Å². The Morgan fingerprint density at radius 1 is 1.60 bits per heavy atom. The van der Waals surface area contributed by atoms with Crippen molar-refractivity contribution >= 4 is 28.0 Å². The van der Waals surface area contributed by atoms with Crippen molar-refractivity contribution in [1.82, 2.24) is 4.90 Å². The van der Waals surface area contributed by atoms with Gasteiger partial charge in [-0.2, -0.15) is 0 Å². The zero-order valence-electron chi connectivity index (χ0n) is 5.29. The van der Waals surface area contributed by atoms with Crippen LogP contribution in [0.5, 0.6) is 0 Å². The van der Waals surface area contributed by atoms with Crippen molar-refractivity contribution in [3.63, 3.8) is 0 Å². The van der Waals surface area contributed by atoms with Crippen LogP contribution in [-0.2, 0) is 0 Å². The van der Waals surface area contributed by atoms with Gasteiger partial charge in [0.2, 0.25) is 0 Å². The highest BCUT2D eigenvalue weighted by molar-refractivity contribution is 9.11. The summed E-state index contributed by atoms with van der Waals surface area (Å²) >= 11 is 3.39. The standard InChI is InChI=1S/C6H6BrN3/c7-5-3-8-4-6-9-1-2-10(5)6/h3-4H,1-2H2. The first-order valence-electron chi connectivity index (χ1n) is 3.09. The van der Waals surface area contributed by atoms with E-state index in [-0.39, 0.29) is 0 Å². The van der Waals surface area contributed by atoms with Gasteiger partial charge in [-0.1, -0.05) is 0 Å². The lowest BCUT2D eigenvalue weighted by Gasteiger charge is -2.18. The second kappa shape index (κ2) is 2.20. The lowest BCUT2D eigenvalue weighted by molar-refractivity contribution is 0.603. The van der Waals surface area contributed by atoms with Gasteiger partial charge in [0.25, 0.3) is 0 Å². The molecule has 2 heterocycles. The molecule has 2 rings (SSSR count). The van der Waals surface area contributed by atoms with E-state index in [1.54, 1.807) is 12.4 Å². The van der Waals surface area contributed by atoms with Crippen LogP contribution in [0.3, 0.4) is 0 Å². The van der Waals surface area contributed by atoms with E-state index < -0.39 is 0 Å². The molecule has 0 saturated carbocycles. The Hall–Kier alpha value is -0.640. The van der Waals surface area contributed by atoms with Crippen molar-refractivity contribution in [2.45, 2.75) is 0 Å². The minimum atomic E-state index is 0.879. The van der Waals surface area contributed by atoms with E-state index in [4.69, 9.17) is 0 Å². The number of rotatable bonds is 0. The minimum absolute atomic E-state index is 0.879. The van der Waals surface area contributed by atoms with Gasteiger partial charge in [0.05, 0.1) is 19.0 Å². The Balaban J connectivity index is 2.36. The zero-order valence-corrected chi connectivity index (χ0v) is 6.87. The van der Waals surface area contributed by atoms with Gasteiger partial charge in [0, 0.05) is 6.54 Å². The fourth-order valence-corrected chi connectivity index (χ4v) is 1.50. The molecule has 2 aliphatic heterocycles. The molecule has 0 aromatic carbocycles. The third-order valence-electron chi connectivity index (χ3n) is 1.50. The molecule has 0 fully saturated rings. The zero-order chi connectivity index (χ0) is 6.97. The number of halogens is 1. The van der Waals surface area contributed by atoms with Gasteiger partial charge >= 0.3 is 0 Å². The Morgan fingerprint density at radius 3 is 3.30 bits per heavy atom. The molecule has 0 N–H and O–H groups in total. The molecule has 0 atom stereocenters. The van der Waals surface area contributed by atoms with Crippen molar-refractivity contribution in [2.75, 3.05) is 13.1 Å². The highest BCUT2D eigenvalue weighted by Gasteiger charge is 2.19. The van der Waals surface area contributed by atoms with Crippen molar-refractivity contribution < 1.29 is 0 Å². The summed E-state index contributed by atoms with van der Waals surface area (Å²) in [6, 6.07) is 0. The van der Waals surface area contributed by atoms with Crippen LogP contribution in [0, 0.1) is 0 Å². The summed E-state index contributed by atoms with van der Waals surface area (Å²) in [7, 11) is 0. The van der Waals surface area contributed by atoms with E-state index in [0.717, 1.165) is 23.5 Å². The van der Waals surface area contributed by atoms with Gasteiger partial charge in [-0.25, -0.2) is 0 Å². The predicted octanol–water partition coefficient (Wildman–Crippen LogP) is 0.979. The van der Waals surface area contributed by atoms with E-state index >= 15 is 0 Å². The molecule has 52 valence electrons. The van der Waals surface area contributed by atoms with Crippen LogP contribution in [0.25, 0.3) is 0 Å². The Bertz CT molecular complexity index is 241. The van der Waals surface area contributed by atoms with Crippen LogP contribution in [0.2, 0.25) is 0 Å². The van der Waals surface area contributed by atoms with Crippen molar-refractivity contribution in [3.05, 3.63) is 10.8 Å². The van der Waals surface area contributed by atoms with Gasteiger partial charge in [-0.05, 0) is 15.9 Å². The average Bonchev–Trinajstić information content (AvgIpc) is 2.36. The van der Waals surface area contributed by atoms with Crippen LogP contribution in [0.4, 0.5) is 0 Å². The minimum Gasteiger partial charge on any atom is -0.316 e. The molecule has 4 heteroatoms. The Kier molecular flexibility index (Phi) is 1.34. The quantitative estimate of drug-likeness (QED) is 0.535. The molecule has 2 aliphatic rings. The van der Waals surface area contributed by atoms with Gasteiger partial charge in [0.1, 0.15) is 10.4 Å². The number of nitrogens with zero attached hydrogens (tertiary/aromatic N) is 3. The summed E-state index contributed by atoms with van der Waals surface area (Å²) in [6.45, 7) is 1.85. The molecule has 0 aliphatic carbocycles. The average molecular weight is 200 g/mol. The SMILES string of the molecule is BrC1=CN=CC2=NCCN12. The number of fused-ring (bicyclic) bond motifs is 1. The number of amidine groups is 1. The molecule has 10 heavy (non-hydrogen) atoms. The largest absolute Gasteiger partial charge is 0.316 e. The molecule has 0 saturated heterocycles. The van der Waals surface area contributed by atoms with E-state index in [0.29, 0.717) is 0 Å². The van der Waals surface area contributed by atoms with Crippen molar-refractivity contribution in [1.29, 1.82) is 0 Å². The second-order valence-electron chi connectivity index (χ2n) is 2.12. The summed E-state index contributed by atoms with van der Waals surface area (Å²) in [5, 5.41) is 0. The molecule has 3 nitrogen and oxygen atoms in total. The molecule has 0 amide bonds. The van der Waals surface area contributed by atoms with Crippen molar-refractivity contribution in [2.24, 2.45) is 9.98 Å². The summed E-state index contributed by atoms with van der Waals surface area (Å²) < 4.78 is 1.01. The topological polar surface area (TPSA) is 28.0 Å². The number of hydrogen-bond donors (Lipinski definition) is 0. The maximum absolute atomic E-state index is 4.23. The monoisotopic (exact) mass is 199 g/mol. The normalized spacial score (nSPS) is 22.3. The van der Waals surface area contributed by atoms with Crippen LogP contribution in [-0.4, -0.2) is 30.0 Å². The molecule has 0 aromatic heterocycles. The Labute approximate surface area is 67.3 Å². The molecule has 0 unspecified atom stereocenters. The van der Waals surface area contributed by atoms with Crippen LogP contribution in [0.1, 0.15) is 0 Å². The Morgan fingerprint density at radius 2 is 2.50 bits per heavy atom. The van der Waals surface area contributed by atoms with Gasteiger partial charge in [-0.3, -0.25) is 9.98 Å². The van der Waals surface area contributed by atoms with Gasteiger partial charge < -0.3 is 4.90 Å². The lowest BCUT2D eigenvalue weighted by Crippen LogP contribution is -2.27. The molecule has 0 bridgehead atoms. The number of hydrogen-bond acceptors (Lipinski definition) is 3. The van der Waals surface area contributed by atoms with Gasteiger partial charge in [0.15, 0.2) is 0 Å². The third kappa shape index (κ3) is 0.794. The molecule has 0 radical (unpaired) electrons. The highest BCUT2D eigenvalue weighted by atomic mass is 79.9. The molecular weight excluding hydrogens is 194 g/mol. The first-order valence-corrected chi connectivity index (χ1v) is 3.88. The summed E-state index contributed by atoms with van der Waals surface area (Å²) in [5.74, 6) is 0.967. The first-order chi connectivity index (χ1) is 4.88. The smallest absolute Gasteiger partial charge is 0.147 e. The second-order valence-corrected chi connectivity index (χ2v) is 2.93. The fourth-order valence-electron chi connectivity index (χ4n) is 1.03. The fraction of sp³-hybridized carbons (Fsp3) is 0.333. The maximum atomic E-state index is 4.23. The number of aliphatic imine (C=N–C) groups is 2. The maximum Gasteiger partial charge on any atom is 0.147 e. The van der Waals surface area contributed by atoms with E-state index in [2.05, 4.69) is 30.8 Å². The van der Waals surface area contributed by atoms with Crippen LogP contribution in [0.15, 0.2) is 20.8 Å². The van der Waals surface area contributed by atoms with Crippen LogP contribution < -0.4 is 0 Å². The lowest BCUT2D eigenvalue weighted by atomic mass is 10.5. The third-order valence-corrected chi connectivity index (χ3v) is 2.14. The van der Waals surface area contributed by atoms with E-state index in [1.807, 2.05) is 0 Å². The van der Waals surface area contributed by atoms with E-state index in [9.17, 15) is 0 Å². The first kappa shape index (κ1) is 6.09. The highest BCUT2D eigenvalue weighted by Crippen LogP contribution is 2.18. The molecule has 0 spiro atoms. The summed E-state index contributed by atoms with van der Waals surface area (Å²) in [6.07, 6.45) is 3.56.